The van der Waals surface area contributed by atoms with Gasteiger partial charge in [-0.05, 0) is 31.0 Å². The predicted molar refractivity (Wildman–Crippen MR) is 75.7 cm³/mol. The number of aryl methyl sites for hydroxylation is 1. The molecule has 1 fully saturated rings. The summed E-state index contributed by atoms with van der Waals surface area (Å²) in [5, 5.41) is 3.45. The van der Waals surface area contributed by atoms with Gasteiger partial charge < -0.3 is 5.32 Å². The molecule has 1 N–H and O–H groups in total. The summed E-state index contributed by atoms with van der Waals surface area (Å²) in [4.78, 5) is 12.6. The van der Waals surface area contributed by atoms with Crippen LogP contribution >= 0.6 is 0 Å². The summed E-state index contributed by atoms with van der Waals surface area (Å²) in [7, 11) is 0. The van der Waals surface area contributed by atoms with Crippen molar-refractivity contribution in [3.05, 3.63) is 65.2 Å². The molecule has 1 heterocycles. The molecule has 2 aromatic carbocycles. The van der Waals surface area contributed by atoms with Crippen LogP contribution in [0.4, 0.5) is 5.69 Å². The van der Waals surface area contributed by atoms with E-state index in [-0.39, 0.29) is 11.3 Å². The number of benzene rings is 2. The van der Waals surface area contributed by atoms with Crippen LogP contribution in [-0.4, -0.2) is 11.3 Å². The van der Waals surface area contributed by atoms with Crippen molar-refractivity contribution >= 4 is 11.5 Å². The Balaban J connectivity index is 1.70. The molecule has 2 aliphatic rings. The molecular weight excluding hydrogens is 234 g/mol. The first-order valence-corrected chi connectivity index (χ1v) is 6.69. The van der Waals surface area contributed by atoms with Gasteiger partial charge in [-0.2, -0.15) is 0 Å². The number of hydrogen-bond acceptors (Lipinski definition) is 2. The van der Waals surface area contributed by atoms with Crippen LogP contribution < -0.4 is 5.32 Å². The SMILES string of the molecule is Cc1ccc([C@H]2C[C@]23Nc2ccccc2C3=O)cc1. The number of Topliss-reactive ketones (excluding diaryl/α,β-unsaturated/α-hetero) is 1. The Morgan fingerprint density at radius 3 is 2.58 bits per heavy atom. The van der Waals surface area contributed by atoms with Crippen LogP contribution in [0.25, 0.3) is 0 Å². The average Bonchev–Trinajstić information content (AvgIpc) is 3.07. The Labute approximate surface area is 112 Å². The van der Waals surface area contributed by atoms with E-state index in [0.29, 0.717) is 5.92 Å². The van der Waals surface area contributed by atoms with E-state index in [1.54, 1.807) is 0 Å². The normalized spacial score (nSPS) is 27.2. The third kappa shape index (κ3) is 1.40. The van der Waals surface area contributed by atoms with Gasteiger partial charge in [-0.1, -0.05) is 42.0 Å². The second kappa shape index (κ2) is 3.47. The van der Waals surface area contributed by atoms with Crippen molar-refractivity contribution in [1.29, 1.82) is 0 Å². The lowest BCUT2D eigenvalue weighted by Crippen LogP contribution is -2.26. The zero-order chi connectivity index (χ0) is 13.0. The molecule has 19 heavy (non-hydrogen) atoms. The second-order valence-corrected chi connectivity index (χ2v) is 5.64. The van der Waals surface area contributed by atoms with Crippen LogP contribution in [0.15, 0.2) is 48.5 Å². The van der Waals surface area contributed by atoms with Crippen molar-refractivity contribution in [2.75, 3.05) is 5.32 Å². The molecule has 1 saturated carbocycles. The van der Waals surface area contributed by atoms with Crippen molar-refractivity contribution in [3.8, 4) is 0 Å². The summed E-state index contributed by atoms with van der Waals surface area (Å²) in [6.45, 7) is 2.08. The van der Waals surface area contributed by atoms with Crippen molar-refractivity contribution in [3.63, 3.8) is 0 Å². The van der Waals surface area contributed by atoms with E-state index in [1.807, 2.05) is 24.3 Å². The number of carbonyl (C=O) groups excluding carboxylic acids is 1. The maximum absolute atomic E-state index is 12.6. The summed E-state index contributed by atoms with van der Waals surface area (Å²) in [5.41, 5.74) is 3.99. The van der Waals surface area contributed by atoms with Crippen LogP contribution in [0.2, 0.25) is 0 Å². The van der Waals surface area contributed by atoms with Crippen LogP contribution in [-0.2, 0) is 0 Å². The molecule has 94 valence electrons. The lowest BCUT2D eigenvalue weighted by atomic mass is 10.0. The minimum absolute atomic E-state index is 0.258. The number of anilines is 1. The molecule has 0 radical (unpaired) electrons. The van der Waals surface area contributed by atoms with Gasteiger partial charge in [-0.25, -0.2) is 0 Å². The summed E-state index contributed by atoms with van der Waals surface area (Å²) in [5.74, 6) is 0.571. The highest BCUT2D eigenvalue weighted by atomic mass is 16.1. The number of ketones is 1. The topological polar surface area (TPSA) is 29.1 Å². The predicted octanol–water partition coefficient (Wildman–Crippen LogP) is 3.53. The fourth-order valence-corrected chi connectivity index (χ4v) is 3.18. The third-order valence-corrected chi connectivity index (χ3v) is 4.38. The van der Waals surface area contributed by atoms with Crippen LogP contribution in [0.3, 0.4) is 0 Å². The molecule has 2 aromatic rings. The van der Waals surface area contributed by atoms with Crippen LogP contribution in [0.5, 0.6) is 0 Å². The minimum atomic E-state index is -0.362. The molecule has 4 rings (SSSR count). The zero-order valence-electron chi connectivity index (χ0n) is 10.8. The van der Waals surface area contributed by atoms with Gasteiger partial charge in [0.05, 0.1) is 0 Å². The lowest BCUT2D eigenvalue weighted by Gasteiger charge is -2.10. The van der Waals surface area contributed by atoms with E-state index >= 15 is 0 Å². The quantitative estimate of drug-likeness (QED) is 0.837. The molecule has 0 unspecified atom stereocenters. The van der Waals surface area contributed by atoms with Gasteiger partial charge in [0.2, 0.25) is 0 Å². The number of nitrogens with one attached hydrogen (secondary N) is 1. The molecule has 0 aromatic heterocycles. The van der Waals surface area contributed by atoms with Gasteiger partial charge in [0.1, 0.15) is 5.54 Å². The first kappa shape index (κ1) is 10.8. The summed E-state index contributed by atoms with van der Waals surface area (Å²) >= 11 is 0. The highest BCUT2D eigenvalue weighted by molar-refractivity contribution is 6.16. The Hall–Kier alpha value is -2.09. The molecule has 0 amide bonds. The molecule has 2 nitrogen and oxygen atoms in total. The number of hydrogen-bond donors (Lipinski definition) is 1. The van der Waals surface area contributed by atoms with Gasteiger partial charge >= 0.3 is 0 Å². The first-order valence-electron chi connectivity index (χ1n) is 6.69. The minimum Gasteiger partial charge on any atom is -0.371 e. The average molecular weight is 249 g/mol. The smallest absolute Gasteiger partial charge is 0.190 e. The second-order valence-electron chi connectivity index (χ2n) is 5.64. The lowest BCUT2D eigenvalue weighted by molar-refractivity contribution is 0.0967. The fourth-order valence-electron chi connectivity index (χ4n) is 3.18. The molecule has 1 aliphatic heterocycles. The molecule has 0 bridgehead atoms. The summed E-state index contributed by atoms with van der Waals surface area (Å²) in [6, 6.07) is 16.3. The fraction of sp³-hybridized carbons (Fsp3) is 0.235. The first-order chi connectivity index (χ1) is 9.21. The maximum Gasteiger partial charge on any atom is 0.190 e. The molecule has 1 spiro atoms. The Morgan fingerprint density at radius 2 is 1.84 bits per heavy atom. The number of para-hydroxylation sites is 1. The van der Waals surface area contributed by atoms with E-state index < -0.39 is 0 Å². The van der Waals surface area contributed by atoms with Crippen molar-refractivity contribution in [2.24, 2.45) is 0 Å². The van der Waals surface area contributed by atoms with E-state index in [1.165, 1.54) is 11.1 Å². The maximum atomic E-state index is 12.6. The van der Waals surface area contributed by atoms with Gasteiger partial charge in [0.25, 0.3) is 0 Å². The van der Waals surface area contributed by atoms with E-state index in [9.17, 15) is 4.79 Å². The standard InChI is InChI=1S/C17H15NO/c1-11-6-8-12(9-7-11)14-10-17(14)16(19)13-4-2-3-5-15(13)18-17/h2-9,14,18H,10H2,1H3/t14-,17+/m1/s1. The van der Waals surface area contributed by atoms with Gasteiger partial charge in [0.15, 0.2) is 5.78 Å². The monoisotopic (exact) mass is 249 g/mol. The Bertz CT molecular complexity index is 674. The van der Waals surface area contributed by atoms with E-state index in [4.69, 9.17) is 0 Å². The van der Waals surface area contributed by atoms with E-state index in [2.05, 4.69) is 36.5 Å². The summed E-state index contributed by atoms with van der Waals surface area (Å²) in [6.07, 6.45) is 0.906. The zero-order valence-corrected chi connectivity index (χ0v) is 10.8. The van der Waals surface area contributed by atoms with E-state index in [0.717, 1.165) is 17.7 Å². The van der Waals surface area contributed by atoms with Gasteiger partial charge in [-0.15, -0.1) is 0 Å². The Kier molecular flexibility index (Phi) is 1.97. The largest absolute Gasteiger partial charge is 0.371 e. The molecule has 1 aliphatic carbocycles. The van der Waals surface area contributed by atoms with Gasteiger partial charge in [0, 0.05) is 17.2 Å². The third-order valence-electron chi connectivity index (χ3n) is 4.38. The number of rotatable bonds is 1. The van der Waals surface area contributed by atoms with Crippen molar-refractivity contribution in [2.45, 2.75) is 24.8 Å². The van der Waals surface area contributed by atoms with Crippen molar-refractivity contribution < 1.29 is 4.79 Å². The van der Waals surface area contributed by atoms with Crippen LogP contribution in [0, 0.1) is 6.92 Å². The molecule has 0 saturated heterocycles. The molecule has 2 atom stereocenters. The number of fused-ring (bicyclic) bond motifs is 1. The van der Waals surface area contributed by atoms with Gasteiger partial charge in [-0.3, -0.25) is 4.79 Å². The number of carbonyl (C=O) groups is 1. The highest BCUT2D eigenvalue weighted by Crippen LogP contribution is 2.58. The van der Waals surface area contributed by atoms with Crippen LogP contribution in [0.1, 0.15) is 33.8 Å². The molecule has 2 heteroatoms. The van der Waals surface area contributed by atoms with Crippen molar-refractivity contribution in [1.82, 2.24) is 0 Å². The Morgan fingerprint density at radius 1 is 1.11 bits per heavy atom. The molecular formula is C17H15NO. The summed E-state index contributed by atoms with van der Waals surface area (Å²) < 4.78 is 0. The highest BCUT2D eigenvalue weighted by Gasteiger charge is 2.63.